The summed E-state index contributed by atoms with van der Waals surface area (Å²) in [4.78, 5) is 20.5. The molecule has 92 valence electrons. The molecule has 1 aromatic carbocycles. The van der Waals surface area contributed by atoms with Crippen molar-refractivity contribution in [3.8, 4) is 0 Å². The Morgan fingerprint density at radius 2 is 2.29 bits per heavy atom. The molecule has 7 heteroatoms. The molecule has 0 saturated heterocycles. The molecule has 0 saturated carbocycles. The van der Waals surface area contributed by atoms with Crippen LogP contribution in [0.15, 0.2) is 23.1 Å². The first-order valence-corrected chi connectivity index (χ1v) is 5.61. The van der Waals surface area contributed by atoms with Crippen molar-refractivity contribution in [1.29, 1.82) is 0 Å². The van der Waals surface area contributed by atoms with Gasteiger partial charge in [-0.05, 0) is 12.1 Å². The number of carboxylic acid groups (broad SMARTS) is 1. The molecule has 0 spiro atoms. The normalized spacial score (nSPS) is 12.1. The topological polar surface area (TPSA) is 80.4 Å². The number of para-hydroxylation sites is 1. The van der Waals surface area contributed by atoms with Gasteiger partial charge in [0.15, 0.2) is 0 Å². The van der Waals surface area contributed by atoms with E-state index < -0.39 is 22.4 Å². The Morgan fingerprint density at radius 3 is 2.82 bits per heavy atom. The molecule has 0 bridgehead atoms. The van der Waals surface area contributed by atoms with Crippen LogP contribution in [-0.2, 0) is 4.79 Å². The van der Waals surface area contributed by atoms with Crippen molar-refractivity contribution >= 4 is 23.4 Å². The summed E-state index contributed by atoms with van der Waals surface area (Å²) in [6, 6.07) is 3.77. The van der Waals surface area contributed by atoms with Crippen molar-refractivity contribution in [3.63, 3.8) is 0 Å². The highest BCUT2D eigenvalue weighted by atomic mass is 32.2. The average molecular weight is 259 g/mol. The smallest absolute Gasteiger partial charge is 0.318 e. The second-order valence-corrected chi connectivity index (χ2v) is 4.85. The maximum atomic E-state index is 13.2. The van der Waals surface area contributed by atoms with Gasteiger partial charge in [0, 0.05) is 5.25 Å². The van der Waals surface area contributed by atoms with Crippen LogP contribution in [0.1, 0.15) is 13.3 Å². The maximum Gasteiger partial charge on any atom is 0.318 e. The summed E-state index contributed by atoms with van der Waals surface area (Å²) < 4.78 is 13.2. The summed E-state index contributed by atoms with van der Waals surface area (Å²) in [7, 11) is 0. The lowest BCUT2D eigenvalue weighted by atomic mass is 10.3. The third-order valence-corrected chi connectivity index (χ3v) is 3.07. The van der Waals surface area contributed by atoms with Crippen molar-refractivity contribution < 1.29 is 19.2 Å². The van der Waals surface area contributed by atoms with E-state index >= 15 is 0 Å². The highest BCUT2D eigenvalue weighted by Crippen LogP contribution is 2.34. The molecule has 0 heterocycles. The van der Waals surface area contributed by atoms with Crippen molar-refractivity contribution in [2.75, 3.05) is 0 Å². The molecule has 1 rings (SSSR count). The van der Waals surface area contributed by atoms with Crippen LogP contribution in [0, 0.1) is 15.9 Å². The monoisotopic (exact) mass is 259 g/mol. The molecule has 0 amide bonds. The Balaban J connectivity index is 2.94. The van der Waals surface area contributed by atoms with E-state index in [9.17, 15) is 19.3 Å². The number of hydrogen-bond acceptors (Lipinski definition) is 4. The number of nitrogens with zero attached hydrogens (tertiary/aromatic N) is 1. The van der Waals surface area contributed by atoms with Crippen LogP contribution in [0.25, 0.3) is 0 Å². The van der Waals surface area contributed by atoms with Gasteiger partial charge in [-0.25, -0.2) is 0 Å². The van der Waals surface area contributed by atoms with Gasteiger partial charge in [0.05, 0.1) is 16.2 Å². The minimum Gasteiger partial charge on any atom is -0.481 e. The zero-order valence-electron chi connectivity index (χ0n) is 8.92. The van der Waals surface area contributed by atoms with Crippen LogP contribution in [0.3, 0.4) is 0 Å². The van der Waals surface area contributed by atoms with Gasteiger partial charge in [-0.3, -0.25) is 14.9 Å². The van der Waals surface area contributed by atoms with Crippen molar-refractivity contribution in [2.24, 2.45) is 0 Å². The first-order chi connectivity index (χ1) is 7.91. The number of carbonyl (C=O) groups is 1. The molecule has 0 aromatic heterocycles. The number of nitro benzene ring substituents is 1. The van der Waals surface area contributed by atoms with E-state index in [1.54, 1.807) is 6.92 Å². The molecule has 0 aliphatic carbocycles. The fourth-order valence-corrected chi connectivity index (χ4v) is 2.37. The van der Waals surface area contributed by atoms with Gasteiger partial charge < -0.3 is 5.11 Å². The molecular weight excluding hydrogens is 249 g/mol. The molecule has 0 radical (unpaired) electrons. The zero-order chi connectivity index (χ0) is 13.0. The molecule has 0 fully saturated rings. The predicted molar refractivity (Wildman–Crippen MR) is 60.6 cm³/mol. The largest absolute Gasteiger partial charge is 0.481 e. The van der Waals surface area contributed by atoms with Crippen molar-refractivity contribution in [1.82, 2.24) is 0 Å². The third-order valence-electron chi connectivity index (χ3n) is 1.92. The lowest BCUT2D eigenvalue weighted by molar-refractivity contribution is -0.390. The highest BCUT2D eigenvalue weighted by Gasteiger charge is 2.22. The first kappa shape index (κ1) is 13.4. The van der Waals surface area contributed by atoms with E-state index in [1.165, 1.54) is 12.1 Å². The molecule has 1 atom stereocenters. The number of carboxylic acids is 1. The number of aliphatic carboxylic acids is 1. The molecule has 1 aromatic rings. The standard InChI is InChI=1S/C10H10FNO4S/c1-6(5-9(13)14)17-8-4-2-3-7(11)10(8)12(15)16/h2-4,6H,5H2,1H3,(H,13,14). The Morgan fingerprint density at radius 1 is 1.65 bits per heavy atom. The number of hydrogen-bond donors (Lipinski definition) is 1. The molecule has 5 nitrogen and oxygen atoms in total. The van der Waals surface area contributed by atoms with Gasteiger partial charge in [0.25, 0.3) is 0 Å². The number of thioether (sulfide) groups is 1. The fourth-order valence-electron chi connectivity index (χ4n) is 1.27. The molecule has 1 unspecified atom stereocenters. The van der Waals surface area contributed by atoms with Gasteiger partial charge in [-0.1, -0.05) is 13.0 Å². The summed E-state index contributed by atoms with van der Waals surface area (Å²) in [6.45, 7) is 1.62. The minimum absolute atomic E-state index is 0.141. The van der Waals surface area contributed by atoms with E-state index in [0.717, 1.165) is 17.8 Å². The molecule has 0 aliphatic heterocycles. The van der Waals surface area contributed by atoms with Crippen LogP contribution >= 0.6 is 11.8 Å². The fraction of sp³-hybridized carbons (Fsp3) is 0.300. The van der Waals surface area contributed by atoms with Gasteiger partial charge in [-0.2, -0.15) is 4.39 Å². The lowest BCUT2D eigenvalue weighted by Gasteiger charge is -2.08. The molecule has 0 aliphatic rings. The zero-order valence-corrected chi connectivity index (χ0v) is 9.74. The Labute approximate surface area is 101 Å². The second kappa shape index (κ2) is 5.62. The number of nitro groups is 1. The SMILES string of the molecule is CC(CC(=O)O)Sc1cccc(F)c1[N+](=O)[O-]. The minimum atomic E-state index is -0.996. The Hall–Kier alpha value is -1.63. The number of halogens is 1. The second-order valence-electron chi connectivity index (χ2n) is 3.37. The lowest BCUT2D eigenvalue weighted by Crippen LogP contribution is -2.06. The summed E-state index contributed by atoms with van der Waals surface area (Å²) in [5, 5.41) is 18.9. The van der Waals surface area contributed by atoms with Gasteiger partial charge in [0.2, 0.25) is 5.82 Å². The van der Waals surface area contributed by atoms with Gasteiger partial charge in [0.1, 0.15) is 0 Å². The van der Waals surface area contributed by atoms with Crippen LogP contribution in [0.2, 0.25) is 0 Å². The summed E-state index contributed by atoms with van der Waals surface area (Å²) in [5.74, 6) is -1.91. The molecule has 17 heavy (non-hydrogen) atoms. The van der Waals surface area contributed by atoms with Crippen LogP contribution < -0.4 is 0 Å². The summed E-state index contributed by atoms with van der Waals surface area (Å²) >= 11 is 0.979. The van der Waals surface area contributed by atoms with Crippen LogP contribution in [0.5, 0.6) is 0 Å². The van der Waals surface area contributed by atoms with Crippen LogP contribution in [-0.4, -0.2) is 21.2 Å². The number of benzene rings is 1. The Kier molecular flexibility index (Phi) is 4.45. The van der Waals surface area contributed by atoms with E-state index in [0.29, 0.717) is 0 Å². The molecular formula is C10H10FNO4S. The Bertz CT molecular complexity index is 452. The third kappa shape index (κ3) is 3.70. The summed E-state index contributed by atoms with van der Waals surface area (Å²) in [6.07, 6.45) is -0.141. The maximum absolute atomic E-state index is 13.2. The summed E-state index contributed by atoms with van der Waals surface area (Å²) in [5.41, 5.74) is -0.602. The number of rotatable bonds is 5. The first-order valence-electron chi connectivity index (χ1n) is 4.73. The quantitative estimate of drug-likeness (QED) is 0.499. The average Bonchev–Trinajstić information content (AvgIpc) is 2.15. The van der Waals surface area contributed by atoms with E-state index in [4.69, 9.17) is 5.11 Å². The van der Waals surface area contributed by atoms with Crippen molar-refractivity contribution in [2.45, 2.75) is 23.5 Å². The van der Waals surface area contributed by atoms with Crippen molar-refractivity contribution in [3.05, 3.63) is 34.1 Å². The van der Waals surface area contributed by atoms with E-state index in [2.05, 4.69) is 0 Å². The van der Waals surface area contributed by atoms with Gasteiger partial charge >= 0.3 is 11.7 Å². The van der Waals surface area contributed by atoms with E-state index in [-0.39, 0.29) is 16.6 Å². The van der Waals surface area contributed by atoms with E-state index in [1.807, 2.05) is 0 Å². The van der Waals surface area contributed by atoms with Crippen LogP contribution in [0.4, 0.5) is 10.1 Å². The highest BCUT2D eigenvalue weighted by molar-refractivity contribution is 8.00. The predicted octanol–water partition coefficient (Wildman–Crippen LogP) is 2.69. The van der Waals surface area contributed by atoms with Gasteiger partial charge in [-0.15, -0.1) is 11.8 Å². The molecule has 1 N–H and O–H groups in total.